The summed E-state index contributed by atoms with van der Waals surface area (Å²) in [6.45, 7) is 4.09. The molecule has 0 amide bonds. The molecule has 0 spiro atoms. The number of aromatic nitrogens is 3. The monoisotopic (exact) mass is 237 g/mol. The van der Waals surface area contributed by atoms with Gasteiger partial charge < -0.3 is 9.26 Å². The van der Waals surface area contributed by atoms with Crippen LogP contribution in [-0.2, 0) is 6.61 Å². The topological polar surface area (TPSA) is 61.0 Å². The van der Waals surface area contributed by atoms with Crippen LogP contribution < -0.4 is 4.74 Å². The highest BCUT2D eigenvalue weighted by molar-refractivity contribution is 5.16. The van der Waals surface area contributed by atoms with Crippen molar-refractivity contribution in [3.05, 3.63) is 36.0 Å². The highest BCUT2D eigenvalue weighted by atomic mass is 19.1. The lowest BCUT2D eigenvalue weighted by Gasteiger charge is -2.01. The van der Waals surface area contributed by atoms with Crippen molar-refractivity contribution >= 4 is 0 Å². The van der Waals surface area contributed by atoms with E-state index in [4.69, 9.17) is 9.26 Å². The van der Waals surface area contributed by atoms with Crippen LogP contribution in [0.25, 0.3) is 0 Å². The number of hydrogen-bond donors (Lipinski definition) is 0. The molecule has 0 radical (unpaired) electrons. The maximum Gasteiger partial charge on any atom is 0.229 e. The quantitative estimate of drug-likeness (QED) is 0.763. The Morgan fingerprint density at radius 2 is 2.24 bits per heavy atom. The second kappa shape index (κ2) is 4.90. The molecule has 6 heteroatoms. The molecule has 0 bridgehead atoms. The largest absolute Gasteiger partial charge is 0.484 e. The summed E-state index contributed by atoms with van der Waals surface area (Å²) >= 11 is 0. The Hall–Kier alpha value is -1.98. The number of nitrogens with zero attached hydrogens (tertiary/aromatic N) is 3. The van der Waals surface area contributed by atoms with Crippen LogP contribution in [0.4, 0.5) is 4.39 Å². The van der Waals surface area contributed by atoms with E-state index in [9.17, 15) is 4.39 Å². The zero-order valence-corrected chi connectivity index (χ0v) is 9.55. The van der Waals surface area contributed by atoms with E-state index in [0.29, 0.717) is 17.5 Å². The third kappa shape index (κ3) is 2.99. The minimum absolute atomic E-state index is 0.170. The summed E-state index contributed by atoms with van der Waals surface area (Å²) in [5.41, 5.74) is 0. The Morgan fingerprint density at radius 3 is 2.82 bits per heavy atom. The van der Waals surface area contributed by atoms with E-state index in [0.717, 1.165) is 0 Å². The second-order valence-electron chi connectivity index (χ2n) is 3.81. The molecule has 2 heterocycles. The Morgan fingerprint density at radius 1 is 1.41 bits per heavy atom. The summed E-state index contributed by atoms with van der Waals surface area (Å²) < 4.78 is 22.9. The van der Waals surface area contributed by atoms with E-state index in [1.165, 1.54) is 18.3 Å². The number of rotatable bonds is 4. The molecule has 2 rings (SSSR count). The molecule has 0 aromatic carbocycles. The van der Waals surface area contributed by atoms with Gasteiger partial charge in [-0.15, -0.1) is 0 Å². The average Bonchev–Trinajstić information content (AvgIpc) is 2.77. The van der Waals surface area contributed by atoms with Crippen LogP contribution in [-0.4, -0.2) is 15.1 Å². The van der Waals surface area contributed by atoms with Crippen molar-refractivity contribution < 1.29 is 13.7 Å². The molecular formula is C11H12FN3O2. The lowest BCUT2D eigenvalue weighted by Crippen LogP contribution is -1.98. The molecule has 2 aromatic rings. The van der Waals surface area contributed by atoms with Gasteiger partial charge >= 0.3 is 0 Å². The Kier molecular flexibility index (Phi) is 3.32. The van der Waals surface area contributed by atoms with Crippen LogP contribution >= 0.6 is 0 Å². The highest BCUT2D eigenvalue weighted by Gasteiger charge is 2.10. The van der Waals surface area contributed by atoms with Crippen molar-refractivity contribution in [1.29, 1.82) is 0 Å². The van der Waals surface area contributed by atoms with Gasteiger partial charge in [0.25, 0.3) is 0 Å². The van der Waals surface area contributed by atoms with Gasteiger partial charge in [0.05, 0.1) is 6.20 Å². The van der Waals surface area contributed by atoms with Gasteiger partial charge in [-0.1, -0.05) is 19.0 Å². The van der Waals surface area contributed by atoms with E-state index in [1.54, 1.807) is 0 Å². The van der Waals surface area contributed by atoms with E-state index >= 15 is 0 Å². The fraction of sp³-hybridized carbons (Fsp3) is 0.364. The van der Waals surface area contributed by atoms with E-state index < -0.39 is 5.95 Å². The van der Waals surface area contributed by atoms with E-state index in [-0.39, 0.29) is 12.5 Å². The van der Waals surface area contributed by atoms with E-state index in [2.05, 4.69) is 15.1 Å². The summed E-state index contributed by atoms with van der Waals surface area (Å²) in [5.74, 6) is 1.13. The lowest BCUT2D eigenvalue weighted by molar-refractivity contribution is 0.282. The smallest absolute Gasteiger partial charge is 0.229 e. The Labute approximate surface area is 97.6 Å². The number of hydrogen-bond acceptors (Lipinski definition) is 5. The molecule has 0 aliphatic heterocycles. The molecule has 0 aliphatic rings. The number of ether oxygens (including phenoxy) is 1. The summed E-state index contributed by atoms with van der Waals surface area (Å²) in [6.07, 6.45) is 1.30. The summed E-state index contributed by atoms with van der Waals surface area (Å²) in [5, 5.41) is 3.76. The first-order valence-corrected chi connectivity index (χ1v) is 5.22. The van der Waals surface area contributed by atoms with E-state index in [1.807, 2.05) is 13.8 Å². The lowest BCUT2D eigenvalue weighted by atomic mass is 10.2. The van der Waals surface area contributed by atoms with Crippen LogP contribution in [0.3, 0.4) is 0 Å². The average molecular weight is 237 g/mol. The second-order valence-corrected chi connectivity index (χ2v) is 3.81. The van der Waals surface area contributed by atoms with Crippen molar-refractivity contribution in [3.8, 4) is 5.75 Å². The van der Waals surface area contributed by atoms with Crippen LogP contribution in [0, 0.1) is 5.95 Å². The van der Waals surface area contributed by atoms with Crippen molar-refractivity contribution in [1.82, 2.24) is 15.1 Å². The maximum atomic E-state index is 12.5. The molecule has 0 aliphatic carbocycles. The molecular weight excluding hydrogens is 225 g/mol. The van der Waals surface area contributed by atoms with Crippen molar-refractivity contribution in [2.45, 2.75) is 26.4 Å². The van der Waals surface area contributed by atoms with Crippen molar-refractivity contribution in [2.75, 3.05) is 0 Å². The van der Waals surface area contributed by atoms with Gasteiger partial charge in [-0.2, -0.15) is 9.37 Å². The summed E-state index contributed by atoms with van der Waals surface area (Å²) in [6, 6.07) is 2.72. The molecule has 0 fully saturated rings. The molecule has 0 saturated heterocycles. The van der Waals surface area contributed by atoms with Crippen molar-refractivity contribution in [2.24, 2.45) is 0 Å². The molecule has 0 saturated carbocycles. The normalized spacial score (nSPS) is 10.8. The summed E-state index contributed by atoms with van der Waals surface area (Å²) in [4.78, 5) is 7.61. The first-order chi connectivity index (χ1) is 8.15. The van der Waals surface area contributed by atoms with Crippen LogP contribution in [0.2, 0.25) is 0 Å². The number of halogens is 1. The summed E-state index contributed by atoms with van der Waals surface area (Å²) in [7, 11) is 0. The molecule has 0 unspecified atom stereocenters. The maximum absolute atomic E-state index is 12.5. The Balaban J connectivity index is 1.95. The zero-order valence-electron chi connectivity index (χ0n) is 9.55. The van der Waals surface area contributed by atoms with Crippen LogP contribution in [0.1, 0.15) is 31.5 Å². The molecule has 2 aromatic heterocycles. The SMILES string of the molecule is CC(C)c1nc(COc2ccc(F)nc2)no1. The van der Waals surface area contributed by atoms with Gasteiger partial charge in [-0.3, -0.25) is 0 Å². The van der Waals surface area contributed by atoms with Gasteiger partial charge in [0.15, 0.2) is 6.61 Å². The fourth-order valence-corrected chi connectivity index (χ4v) is 1.16. The molecule has 5 nitrogen and oxygen atoms in total. The van der Waals surface area contributed by atoms with Gasteiger partial charge in [0.2, 0.25) is 17.7 Å². The third-order valence-corrected chi connectivity index (χ3v) is 2.05. The molecule has 17 heavy (non-hydrogen) atoms. The molecule has 90 valence electrons. The zero-order chi connectivity index (χ0) is 12.3. The van der Waals surface area contributed by atoms with Gasteiger partial charge in [0.1, 0.15) is 5.75 Å². The van der Waals surface area contributed by atoms with Crippen LogP contribution in [0.5, 0.6) is 5.75 Å². The minimum Gasteiger partial charge on any atom is -0.484 e. The highest BCUT2D eigenvalue weighted by Crippen LogP contribution is 2.13. The molecule has 0 N–H and O–H groups in total. The molecule has 0 atom stereocenters. The first kappa shape index (κ1) is 11.5. The Bertz CT molecular complexity index is 482. The minimum atomic E-state index is -0.543. The fourth-order valence-electron chi connectivity index (χ4n) is 1.16. The van der Waals surface area contributed by atoms with Crippen molar-refractivity contribution in [3.63, 3.8) is 0 Å². The van der Waals surface area contributed by atoms with Crippen LogP contribution in [0.15, 0.2) is 22.9 Å². The van der Waals surface area contributed by atoms with Gasteiger partial charge in [-0.25, -0.2) is 4.98 Å². The van der Waals surface area contributed by atoms with Gasteiger partial charge in [-0.05, 0) is 12.1 Å². The number of pyridine rings is 1. The van der Waals surface area contributed by atoms with Gasteiger partial charge in [0, 0.05) is 5.92 Å². The first-order valence-electron chi connectivity index (χ1n) is 5.22. The predicted octanol–water partition coefficient (Wildman–Crippen LogP) is 2.31. The standard InChI is InChI=1S/C11H12FN3O2/c1-7(2)11-14-10(15-17-11)6-16-8-3-4-9(12)13-5-8/h3-5,7H,6H2,1-2H3. The third-order valence-electron chi connectivity index (χ3n) is 2.05. The predicted molar refractivity (Wildman–Crippen MR) is 56.9 cm³/mol.